The summed E-state index contributed by atoms with van der Waals surface area (Å²) in [5, 5.41) is 6.53. The van der Waals surface area contributed by atoms with Crippen molar-refractivity contribution in [3.8, 4) is 0 Å². The van der Waals surface area contributed by atoms with Gasteiger partial charge in [-0.3, -0.25) is 4.79 Å². The lowest BCUT2D eigenvalue weighted by atomic mass is 10.2. The molecule has 2 rings (SSSR count). The van der Waals surface area contributed by atoms with E-state index >= 15 is 0 Å². The van der Waals surface area contributed by atoms with Crippen LogP contribution in [-0.2, 0) is 4.79 Å². The molecule has 0 aromatic heterocycles. The zero-order valence-corrected chi connectivity index (χ0v) is 9.84. The third-order valence-electron chi connectivity index (χ3n) is 2.54. The molecule has 0 saturated carbocycles. The van der Waals surface area contributed by atoms with Crippen LogP contribution in [0.2, 0.25) is 5.02 Å². The van der Waals surface area contributed by atoms with Crippen LogP contribution in [0, 0.1) is 0 Å². The second-order valence-electron chi connectivity index (χ2n) is 3.73. The SMILES string of the molecule is CNCCN1CC(=O)Nc2cc(Cl)ccc21. The van der Waals surface area contributed by atoms with E-state index in [0.29, 0.717) is 11.6 Å². The van der Waals surface area contributed by atoms with Crippen LogP contribution in [0.3, 0.4) is 0 Å². The van der Waals surface area contributed by atoms with Gasteiger partial charge < -0.3 is 15.5 Å². The van der Waals surface area contributed by atoms with Gasteiger partial charge in [0.15, 0.2) is 0 Å². The number of hydrogen-bond acceptors (Lipinski definition) is 3. The number of carbonyl (C=O) groups excluding carboxylic acids is 1. The quantitative estimate of drug-likeness (QED) is 0.836. The Labute approximate surface area is 99.6 Å². The van der Waals surface area contributed by atoms with Crippen LogP contribution in [0.25, 0.3) is 0 Å². The number of nitrogens with zero attached hydrogens (tertiary/aromatic N) is 1. The van der Waals surface area contributed by atoms with Crippen molar-refractivity contribution < 1.29 is 4.79 Å². The Morgan fingerprint density at radius 3 is 3.12 bits per heavy atom. The number of hydrogen-bond donors (Lipinski definition) is 2. The largest absolute Gasteiger partial charge is 0.359 e. The van der Waals surface area contributed by atoms with Crippen molar-refractivity contribution in [1.29, 1.82) is 0 Å². The molecule has 0 fully saturated rings. The lowest BCUT2D eigenvalue weighted by Gasteiger charge is -2.30. The fraction of sp³-hybridized carbons (Fsp3) is 0.364. The molecular weight excluding hydrogens is 226 g/mol. The molecule has 0 radical (unpaired) electrons. The minimum atomic E-state index is 0.00543. The Hall–Kier alpha value is -1.26. The average Bonchev–Trinajstić information content (AvgIpc) is 2.25. The highest BCUT2D eigenvalue weighted by Gasteiger charge is 2.21. The van der Waals surface area contributed by atoms with E-state index in [1.165, 1.54) is 0 Å². The third kappa shape index (κ3) is 2.28. The maximum Gasteiger partial charge on any atom is 0.243 e. The lowest BCUT2D eigenvalue weighted by Crippen LogP contribution is -2.41. The van der Waals surface area contributed by atoms with Gasteiger partial charge in [-0.15, -0.1) is 0 Å². The Kier molecular flexibility index (Phi) is 3.31. The molecule has 0 bridgehead atoms. The van der Waals surface area contributed by atoms with E-state index in [1.807, 2.05) is 24.1 Å². The monoisotopic (exact) mass is 239 g/mol. The van der Waals surface area contributed by atoms with Crippen molar-refractivity contribution in [3.63, 3.8) is 0 Å². The number of amides is 1. The van der Waals surface area contributed by atoms with Crippen molar-refractivity contribution in [2.75, 3.05) is 36.9 Å². The van der Waals surface area contributed by atoms with Crippen molar-refractivity contribution in [3.05, 3.63) is 23.2 Å². The van der Waals surface area contributed by atoms with Gasteiger partial charge in [-0.25, -0.2) is 0 Å². The van der Waals surface area contributed by atoms with Crippen molar-refractivity contribution >= 4 is 28.9 Å². The molecule has 1 aliphatic heterocycles. The number of carbonyl (C=O) groups is 1. The number of benzene rings is 1. The van der Waals surface area contributed by atoms with Crippen LogP contribution in [0.1, 0.15) is 0 Å². The van der Waals surface area contributed by atoms with Crippen LogP contribution in [-0.4, -0.2) is 32.6 Å². The third-order valence-corrected chi connectivity index (χ3v) is 2.77. The zero-order valence-electron chi connectivity index (χ0n) is 9.09. The Bertz CT molecular complexity index is 408. The van der Waals surface area contributed by atoms with E-state index in [0.717, 1.165) is 24.5 Å². The van der Waals surface area contributed by atoms with Gasteiger partial charge in [-0.05, 0) is 25.2 Å². The molecule has 1 aromatic carbocycles. The van der Waals surface area contributed by atoms with Gasteiger partial charge in [0.2, 0.25) is 5.91 Å². The highest BCUT2D eigenvalue weighted by atomic mass is 35.5. The van der Waals surface area contributed by atoms with Gasteiger partial charge in [0, 0.05) is 18.1 Å². The van der Waals surface area contributed by atoms with E-state index < -0.39 is 0 Å². The smallest absolute Gasteiger partial charge is 0.243 e. The molecule has 0 unspecified atom stereocenters. The molecule has 1 aromatic rings. The maximum absolute atomic E-state index is 11.5. The molecule has 4 nitrogen and oxygen atoms in total. The number of likely N-dealkylation sites (N-methyl/N-ethyl adjacent to an activating group) is 1. The molecule has 0 aliphatic carbocycles. The summed E-state index contributed by atoms with van der Waals surface area (Å²) in [6, 6.07) is 5.55. The number of rotatable bonds is 3. The summed E-state index contributed by atoms with van der Waals surface area (Å²) < 4.78 is 0. The van der Waals surface area contributed by atoms with Crippen LogP contribution in [0.15, 0.2) is 18.2 Å². The van der Waals surface area contributed by atoms with Crippen LogP contribution >= 0.6 is 11.6 Å². The van der Waals surface area contributed by atoms with Gasteiger partial charge in [0.1, 0.15) is 0 Å². The molecule has 1 aliphatic rings. The predicted octanol–water partition coefficient (Wildman–Crippen LogP) is 1.32. The summed E-state index contributed by atoms with van der Waals surface area (Å²) in [7, 11) is 1.90. The van der Waals surface area contributed by atoms with Crippen molar-refractivity contribution in [1.82, 2.24) is 5.32 Å². The molecule has 16 heavy (non-hydrogen) atoms. The first-order valence-electron chi connectivity index (χ1n) is 5.19. The van der Waals surface area contributed by atoms with E-state index in [4.69, 9.17) is 11.6 Å². The fourth-order valence-electron chi connectivity index (χ4n) is 1.78. The molecule has 2 N–H and O–H groups in total. The van der Waals surface area contributed by atoms with Gasteiger partial charge in [-0.2, -0.15) is 0 Å². The summed E-state index contributed by atoms with van der Waals surface area (Å²) >= 11 is 5.89. The van der Waals surface area contributed by atoms with Crippen LogP contribution in [0.5, 0.6) is 0 Å². The number of fused-ring (bicyclic) bond motifs is 1. The maximum atomic E-state index is 11.5. The number of nitrogens with one attached hydrogen (secondary N) is 2. The first-order chi connectivity index (χ1) is 7.70. The fourth-order valence-corrected chi connectivity index (χ4v) is 1.95. The lowest BCUT2D eigenvalue weighted by molar-refractivity contribution is -0.115. The molecule has 1 amide bonds. The summed E-state index contributed by atoms with van der Waals surface area (Å²) in [6.45, 7) is 2.05. The predicted molar refractivity (Wildman–Crippen MR) is 66.2 cm³/mol. The van der Waals surface area contributed by atoms with Crippen molar-refractivity contribution in [2.24, 2.45) is 0 Å². The van der Waals surface area contributed by atoms with E-state index in [-0.39, 0.29) is 5.91 Å². The van der Waals surface area contributed by atoms with Crippen LogP contribution < -0.4 is 15.5 Å². The summed E-state index contributed by atoms with van der Waals surface area (Å²) in [5.74, 6) is 0.00543. The summed E-state index contributed by atoms with van der Waals surface area (Å²) in [5.41, 5.74) is 1.82. The highest BCUT2D eigenvalue weighted by Crippen LogP contribution is 2.31. The first-order valence-corrected chi connectivity index (χ1v) is 5.57. The van der Waals surface area contributed by atoms with Gasteiger partial charge in [-0.1, -0.05) is 11.6 Å². The van der Waals surface area contributed by atoms with E-state index in [9.17, 15) is 4.79 Å². The molecule has 5 heteroatoms. The Morgan fingerprint density at radius 1 is 1.56 bits per heavy atom. The molecular formula is C11H14ClN3O. The van der Waals surface area contributed by atoms with Gasteiger partial charge in [0.25, 0.3) is 0 Å². The molecule has 0 atom stereocenters. The summed E-state index contributed by atoms with van der Waals surface area (Å²) in [4.78, 5) is 13.5. The van der Waals surface area contributed by atoms with E-state index in [1.54, 1.807) is 6.07 Å². The van der Waals surface area contributed by atoms with Crippen molar-refractivity contribution in [2.45, 2.75) is 0 Å². The normalized spacial score (nSPS) is 14.6. The second-order valence-corrected chi connectivity index (χ2v) is 4.17. The topological polar surface area (TPSA) is 44.4 Å². The minimum Gasteiger partial charge on any atom is -0.359 e. The molecule has 86 valence electrons. The first kappa shape index (κ1) is 11.2. The van der Waals surface area contributed by atoms with Gasteiger partial charge >= 0.3 is 0 Å². The Morgan fingerprint density at radius 2 is 2.38 bits per heavy atom. The minimum absolute atomic E-state index is 0.00543. The summed E-state index contributed by atoms with van der Waals surface area (Å²) in [6.07, 6.45) is 0. The van der Waals surface area contributed by atoms with Gasteiger partial charge in [0.05, 0.1) is 17.9 Å². The Balaban J connectivity index is 2.27. The van der Waals surface area contributed by atoms with Crippen LogP contribution in [0.4, 0.5) is 11.4 Å². The number of halogens is 1. The second kappa shape index (κ2) is 4.72. The standard InChI is InChI=1S/C11H14ClN3O/c1-13-4-5-15-7-11(16)14-9-6-8(12)2-3-10(9)15/h2-3,6,13H,4-5,7H2,1H3,(H,14,16). The average molecular weight is 240 g/mol. The zero-order chi connectivity index (χ0) is 11.5. The molecule has 1 heterocycles. The molecule has 0 spiro atoms. The molecule has 0 saturated heterocycles. The number of anilines is 2. The highest BCUT2D eigenvalue weighted by molar-refractivity contribution is 6.31. The van der Waals surface area contributed by atoms with E-state index in [2.05, 4.69) is 10.6 Å².